The van der Waals surface area contributed by atoms with Gasteiger partial charge in [0.05, 0.1) is 18.9 Å². The highest BCUT2D eigenvalue weighted by Crippen LogP contribution is 2.30. The predicted molar refractivity (Wildman–Crippen MR) is 112 cm³/mol. The number of benzene rings is 1. The lowest BCUT2D eigenvalue weighted by atomic mass is 10.1. The summed E-state index contributed by atoms with van der Waals surface area (Å²) in [5.74, 6) is 1.04. The summed E-state index contributed by atoms with van der Waals surface area (Å²) in [5, 5.41) is 6.42. The van der Waals surface area contributed by atoms with Gasteiger partial charge in [-0.1, -0.05) is 6.07 Å². The zero-order valence-electron chi connectivity index (χ0n) is 17.3. The van der Waals surface area contributed by atoms with E-state index in [1.54, 1.807) is 13.1 Å². The summed E-state index contributed by atoms with van der Waals surface area (Å²) in [6.45, 7) is 3.53. The lowest BCUT2D eigenvalue weighted by molar-refractivity contribution is 0.285. The van der Waals surface area contributed by atoms with E-state index in [-0.39, 0.29) is 23.7 Å². The molecule has 2 atom stereocenters. The molecule has 7 nitrogen and oxygen atoms in total. The third-order valence-corrected chi connectivity index (χ3v) is 6.79. The van der Waals surface area contributed by atoms with Crippen molar-refractivity contribution in [2.24, 2.45) is 10.9 Å². The molecule has 0 bridgehead atoms. The number of hydrogen-bond acceptors (Lipinski definition) is 4. The SMILES string of the molecule is CN=C(NC[C@H]1CCCN1S(C)(=O)=O)NC(C)c1ccc(OCC2CC2)c(F)c1. The molecule has 29 heavy (non-hydrogen) atoms. The number of nitrogens with one attached hydrogen (secondary N) is 2. The Labute approximate surface area is 172 Å². The molecule has 1 aromatic rings. The number of nitrogens with zero attached hydrogens (tertiary/aromatic N) is 2. The largest absolute Gasteiger partial charge is 0.490 e. The number of halogens is 1. The minimum Gasteiger partial charge on any atom is -0.490 e. The normalized spacial score (nSPS) is 21.8. The van der Waals surface area contributed by atoms with Crippen LogP contribution in [0.15, 0.2) is 23.2 Å². The molecule has 0 amide bonds. The lowest BCUT2D eigenvalue weighted by Gasteiger charge is -2.24. The number of guanidine groups is 1. The van der Waals surface area contributed by atoms with Gasteiger partial charge >= 0.3 is 0 Å². The maximum absolute atomic E-state index is 14.3. The maximum atomic E-state index is 14.3. The second-order valence-corrected chi connectivity index (χ2v) is 9.87. The summed E-state index contributed by atoms with van der Waals surface area (Å²) in [6.07, 6.45) is 5.24. The molecule has 3 rings (SSSR count). The van der Waals surface area contributed by atoms with Crippen molar-refractivity contribution in [3.8, 4) is 5.75 Å². The molecular weight excluding hydrogens is 395 g/mol. The van der Waals surface area contributed by atoms with Gasteiger partial charge in [-0.2, -0.15) is 4.31 Å². The molecule has 1 unspecified atom stereocenters. The van der Waals surface area contributed by atoms with E-state index in [9.17, 15) is 12.8 Å². The van der Waals surface area contributed by atoms with Crippen LogP contribution in [0.5, 0.6) is 5.75 Å². The average Bonchev–Trinajstić information content (AvgIpc) is 3.37. The average molecular weight is 427 g/mol. The van der Waals surface area contributed by atoms with Gasteiger partial charge in [-0.3, -0.25) is 4.99 Å². The van der Waals surface area contributed by atoms with Crippen molar-refractivity contribution in [1.29, 1.82) is 0 Å². The zero-order chi connectivity index (χ0) is 21.0. The Hall–Kier alpha value is -1.87. The van der Waals surface area contributed by atoms with Crippen LogP contribution < -0.4 is 15.4 Å². The second kappa shape index (κ2) is 9.30. The van der Waals surface area contributed by atoms with Crippen LogP contribution in [0.1, 0.15) is 44.2 Å². The van der Waals surface area contributed by atoms with Gasteiger partial charge in [0.15, 0.2) is 17.5 Å². The predicted octanol–water partition coefficient (Wildman–Crippen LogP) is 2.26. The molecule has 1 aliphatic carbocycles. The summed E-state index contributed by atoms with van der Waals surface area (Å²) in [6, 6.07) is 4.74. The Balaban J connectivity index is 1.54. The lowest BCUT2D eigenvalue weighted by Crippen LogP contribution is -2.46. The topological polar surface area (TPSA) is 83.0 Å². The molecule has 1 aromatic carbocycles. The van der Waals surface area contributed by atoms with E-state index in [0.717, 1.165) is 31.2 Å². The summed E-state index contributed by atoms with van der Waals surface area (Å²) in [5.41, 5.74) is 0.780. The molecule has 0 aromatic heterocycles. The van der Waals surface area contributed by atoms with Gasteiger partial charge in [-0.05, 0) is 56.2 Å². The second-order valence-electron chi connectivity index (χ2n) is 7.93. The molecule has 2 fully saturated rings. The molecule has 2 N–H and O–H groups in total. The fourth-order valence-corrected chi connectivity index (χ4v) is 4.73. The highest BCUT2D eigenvalue weighted by atomic mass is 32.2. The first-order valence-corrected chi connectivity index (χ1v) is 12.0. The molecule has 1 aliphatic heterocycles. The summed E-state index contributed by atoms with van der Waals surface area (Å²) < 4.78 is 45.2. The standard InChI is InChI=1S/C20H31FN4O3S/c1-14(16-8-9-19(18(21)11-16)28-13-15-6-7-15)24-20(22-2)23-12-17-5-4-10-25(17)29(3,26)27/h8-9,11,14-15,17H,4-7,10,12-13H2,1-3H3,(H2,22,23,24)/t14?,17-/m1/s1. The highest BCUT2D eigenvalue weighted by molar-refractivity contribution is 7.88. The number of rotatable bonds is 8. The fourth-order valence-electron chi connectivity index (χ4n) is 3.54. The third kappa shape index (κ3) is 6.05. The first kappa shape index (κ1) is 21.8. The van der Waals surface area contributed by atoms with Crippen molar-refractivity contribution in [3.05, 3.63) is 29.6 Å². The monoisotopic (exact) mass is 426 g/mol. The van der Waals surface area contributed by atoms with Gasteiger partial charge in [0.2, 0.25) is 10.0 Å². The van der Waals surface area contributed by atoms with Crippen molar-refractivity contribution in [1.82, 2.24) is 14.9 Å². The van der Waals surface area contributed by atoms with Crippen molar-refractivity contribution >= 4 is 16.0 Å². The molecule has 1 saturated carbocycles. The quantitative estimate of drug-likeness (QED) is 0.492. The zero-order valence-corrected chi connectivity index (χ0v) is 18.1. The fraction of sp³-hybridized carbons (Fsp3) is 0.650. The first-order chi connectivity index (χ1) is 13.8. The summed E-state index contributed by atoms with van der Waals surface area (Å²) >= 11 is 0. The number of aliphatic imine (C=N–C) groups is 1. The maximum Gasteiger partial charge on any atom is 0.211 e. The molecular formula is C20H31FN4O3S. The van der Waals surface area contributed by atoms with Crippen LogP contribution in [-0.4, -0.2) is 57.7 Å². The van der Waals surface area contributed by atoms with Crippen molar-refractivity contribution in [2.45, 2.75) is 44.7 Å². The van der Waals surface area contributed by atoms with Crippen molar-refractivity contribution in [3.63, 3.8) is 0 Å². The Morgan fingerprint density at radius 2 is 2.14 bits per heavy atom. The smallest absolute Gasteiger partial charge is 0.211 e. The highest BCUT2D eigenvalue weighted by Gasteiger charge is 2.31. The minimum absolute atomic E-state index is 0.0841. The van der Waals surface area contributed by atoms with Crippen LogP contribution in [-0.2, 0) is 10.0 Å². The third-order valence-electron chi connectivity index (χ3n) is 5.46. The minimum atomic E-state index is -3.21. The molecule has 0 radical (unpaired) electrons. The van der Waals surface area contributed by atoms with E-state index in [0.29, 0.717) is 31.6 Å². The van der Waals surface area contributed by atoms with Crippen LogP contribution in [0.25, 0.3) is 0 Å². The Kier molecular flexibility index (Phi) is 7.00. The van der Waals surface area contributed by atoms with E-state index in [4.69, 9.17) is 4.74 Å². The molecule has 1 heterocycles. The first-order valence-electron chi connectivity index (χ1n) is 10.1. The molecule has 1 saturated heterocycles. The summed E-state index contributed by atoms with van der Waals surface area (Å²) in [7, 11) is -1.55. The molecule has 162 valence electrons. The van der Waals surface area contributed by atoms with Gasteiger partial charge < -0.3 is 15.4 Å². The van der Waals surface area contributed by atoms with E-state index < -0.39 is 10.0 Å². The molecule has 0 spiro atoms. The van der Waals surface area contributed by atoms with Crippen molar-refractivity contribution < 1.29 is 17.5 Å². The van der Waals surface area contributed by atoms with Crippen LogP contribution in [0, 0.1) is 11.7 Å². The van der Waals surface area contributed by atoms with Crippen LogP contribution in [0.3, 0.4) is 0 Å². The Morgan fingerprint density at radius 3 is 2.76 bits per heavy atom. The molecule has 9 heteroatoms. The van der Waals surface area contributed by atoms with Gasteiger partial charge in [-0.15, -0.1) is 0 Å². The van der Waals surface area contributed by atoms with E-state index in [2.05, 4.69) is 15.6 Å². The van der Waals surface area contributed by atoms with E-state index >= 15 is 0 Å². The van der Waals surface area contributed by atoms with Crippen LogP contribution in [0.4, 0.5) is 4.39 Å². The number of sulfonamides is 1. The van der Waals surface area contributed by atoms with Crippen LogP contribution in [0.2, 0.25) is 0 Å². The van der Waals surface area contributed by atoms with Gasteiger partial charge in [0.25, 0.3) is 0 Å². The van der Waals surface area contributed by atoms with Gasteiger partial charge in [0.1, 0.15) is 0 Å². The van der Waals surface area contributed by atoms with Gasteiger partial charge in [0, 0.05) is 26.2 Å². The Morgan fingerprint density at radius 1 is 1.38 bits per heavy atom. The van der Waals surface area contributed by atoms with E-state index in [1.807, 2.05) is 13.0 Å². The van der Waals surface area contributed by atoms with E-state index in [1.165, 1.54) is 16.6 Å². The van der Waals surface area contributed by atoms with Crippen LogP contribution >= 0.6 is 0 Å². The van der Waals surface area contributed by atoms with Gasteiger partial charge in [-0.25, -0.2) is 12.8 Å². The Bertz CT molecular complexity index is 842. The molecule has 2 aliphatic rings. The number of ether oxygens (including phenoxy) is 1. The summed E-state index contributed by atoms with van der Waals surface area (Å²) in [4.78, 5) is 4.21. The van der Waals surface area contributed by atoms with Crippen molar-refractivity contribution in [2.75, 3.05) is 33.0 Å². The number of hydrogen-bond donors (Lipinski definition) is 2.